The molecule has 0 bridgehead atoms. The topological polar surface area (TPSA) is 66.4 Å². The van der Waals surface area contributed by atoms with Crippen molar-refractivity contribution in [3.8, 4) is 0 Å². The van der Waals surface area contributed by atoms with Crippen LogP contribution in [-0.2, 0) is 0 Å². The van der Waals surface area contributed by atoms with Gasteiger partial charge in [-0.15, -0.1) is 0 Å². The van der Waals surface area contributed by atoms with Crippen LogP contribution in [0.15, 0.2) is 48.5 Å². The van der Waals surface area contributed by atoms with E-state index in [9.17, 15) is 9.59 Å². The van der Waals surface area contributed by atoms with Gasteiger partial charge in [0, 0.05) is 24.2 Å². The van der Waals surface area contributed by atoms with Gasteiger partial charge in [0.2, 0.25) is 0 Å². The third-order valence-corrected chi connectivity index (χ3v) is 3.19. The van der Waals surface area contributed by atoms with Crippen molar-refractivity contribution in [3.05, 3.63) is 65.2 Å². The van der Waals surface area contributed by atoms with E-state index < -0.39 is 5.97 Å². The SMILES string of the molecule is Cc1ccc(C(=O)CCNc2ccc(C(=O)O)cc2)cc1. The molecule has 2 rings (SSSR count). The second kappa shape index (κ2) is 6.70. The zero-order valence-corrected chi connectivity index (χ0v) is 11.8. The number of aromatic carboxylic acids is 1. The van der Waals surface area contributed by atoms with Gasteiger partial charge >= 0.3 is 5.97 Å². The molecule has 0 aliphatic rings. The van der Waals surface area contributed by atoms with E-state index >= 15 is 0 Å². The fourth-order valence-corrected chi connectivity index (χ4v) is 1.93. The number of carbonyl (C=O) groups is 2. The highest BCUT2D eigenvalue weighted by atomic mass is 16.4. The molecular formula is C17H17NO3. The standard InChI is InChI=1S/C17H17NO3/c1-12-2-4-13(5-3-12)16(19)10-11-18-15-8-6-14(7-9-15)17(20)21/h2-9,18H,10-11H2,1H3,(H,20,21). The normalized spacial score (nSPS) is 10.1. The quantitative estimate of drug-likeness (QED) is 0.798. The van der Waals surface area contributed by atoms with Gasteiger partial charge < -0.3 is 10.4 Å². The maximum absolute atomic E-state index is 12.0. The summed E-state index contributed by atoms with van der Waals surface area (Å²) in [6, 6.07) is 14.0. The highest BCUT2D eigenvalue weighted by molar-refractivity contribution is 5.96. The van der Waals surface area contributed by atoms with Crippen LogP contribution in [0, 0.1) is 6.92 Å². The van der Waals surface area contributed by atoms with Gasteiger partial charge in [-0.3, -0.25) is 4.79 Å². The lowest BCUT2D eigenvalue weighted by atomic mass is 10.1. The van der Waals surface area contributed by atoms with Gasteiger partial charge in [0.15, 0.2) is 5.78 Å². The second-order valence-electron chi connectivity index (χ2n) is 4.85. The molecule has 108 valence electrons. The van der Waals surface area contributed by atoms with E-state index in [-0.39, 0.29) is 11.3 Å². The van der Waals surface area contributed by atoms with Gasteiger partial charge in [-0.05, 0) is 31.2 Å². The van der Waals surface area contributed by atoms with Gasteiger partial charge in [-0.1, -0.05) is 29.8 Å². The minimum atomic E-state index is -0.948. The molecular weight excluding hydrogens is 266 g/mol. The van der Waals surface area contributed by atoms with Crippen LogP contribution in [0.25, 0.3) is 0 Å². The van der Waals surface area contributed by atoms with E-state index in [1.54, 1.807) is 12.1 Å². The van der Waals surface area contributed by atoms with Gasteiger partial charge in [0.05, 0.1) is 5.56 Å². The predicted octanol–water partition coefficient (Wildman–Crippen LogP) is 3.38. The summed E-state index contributed by atoms with van der Waals surface area (Å²) in [4.78, 5) is 22.7. The number of carbonyl (C=O) groups excluding carboxylic acids is 1. The Morgan fingerprint density at radius 2 is 1.52 bits per heavy atom. The van der Waals surface area contributed by atoms with Gasteiger partial charge in [-0.25, -0.2) is 4.79 Å². The lowest BCUT2D eigenvalue weighted by Gasteiger charge is -2.06. The van der Waals surface area contributed by atoms with E-state index in [0.717, 1.165) is 11.3 Å². The summed E-state index contributed by atoms with van der Waals surface area (Å²) in [6.45, 7) is 2.50. The number of rotatable bonds is 6. The van der Waals surface area contributed by atoms with Crippen molar-refractivity contribution in [1.82, 2.24) is 0 Å². The molecule has 0 aromatic heterocycles. The van der Waals surface area contributed by atoms with Crippen molar-refractivity contribution in [1.29, 1.82) is 0 Å². The van der Waals surface area contributed by atoms with Crippen LogP contribution in [0.3, 0.4) is 0 Å². The highest BCUT2D eigenvalue weighted by Gasteiger charge is 2.05. The minimum Gasteiger partial charge on any atom is -0.478 e. The average molecular weight is 283 g/mol. The number of carboxylic acid groups (broad SMARTS) is 1. The number of Topliss-reactive ketones (excluding diaryl/α,β-unsaturated/α-hetero) is 1. The van der Waals surface area contributed by atoms with Gasteiger partial charge in [0.1, 0.15) is 0 Å². The largest absolute Gasteiger partial charge is 0.478 e. The zero-order chi connectivity index (χ0) is 15.2. The molecule has 2 aromatic rings. The molecule has 2 aromatic carbocycles. The Balaban J connectivity index is 1.85. The minimum absolute atomic E-state index is 0.0876. The highest BCUT2D eigenvalue weighted by Crippen LogP contribution is 2.10. The molecule has 0 saturated heterocycles. The molecule has 0 aliphatic heterocycles. The monoisotopic (exact) mass is 283 g/mol. The maximum Gasteiger partial charge on any atom is 0.335 e. The van der Waals surface area contributed by atoms with Crippen LogP contribution >= 0.6 is 0 Å². The van der Waals surface area contributed by atoms with Crippen molar-refractivity contribution in [2.75, 3.05) is 11.9 Å². The lowest BCUT2D eigenvalue weighted by Crippen LogP contribution is -2.09. The Kier molecular flexibility index (Phi) is 4.72. The number of anilines is 1. The number of carboxylic acids is 1. The van der Waals surface area contributed by atoms with E-state index in [4.69, 9.17) is 5.11 Å². The number of hydrogen-bond donors (Lipinski definition) is 2. The summed E-state index contributed by atoms with van der Waals surface area (Å²) in [5.74, 6) is -0.860. The Labute approximate surface area is 123 Å². The van der Waals surface area contributed by atoms with Crippen LogP contribution in [0.2, 0.25) is 0 Å². The summed E-state index contributed by atoms with van der Waals surface area (Å²) in [5, 5.41) is 11.9. The Bertz CT molecular complexity index is 630. The van der Waals surface area contributed by atoms with Crippen LogP contribution < -0.4 is 5.32 Å². The molecule has 0 aliphatic carbocycles. The number of hydrogen-bond acceptors (Lipinski definition) is 3. The summed E-state index contributed by atoms with van der Waals surface area (Å²) in [6.07, 6.45) is 0.393. The van der Waals surface area contributed by atoms with Crippen molar-refractivity contribution in [3.63, 3.8) is 0 Å². The van der Waals surface area contributed by atoms with E-state index in [1.165, 1.54) is 12.1 Å². The maximum atomic E-state index is 12.0. The Hall–Kier alpha value is -2.62. The fourth-order valence-electron chi connectivity index (χ4n) is 1.93. The molecule has 0 fully saturated rings. The molecule has 4 heteroatoms. The molecule has 0 heterocycles. The fraction of sp³-hybridized carbons (Fsp3) is 0.176. The van der Waals surface area contributed by atoms with E-state index in [2.05, 4.69) is 5.32 Å². The van der Waals surface area contributed by atoms with Crippen LogP contribution in [0.1, 0.15) is 32.7 Å². The lowest BCUT2D eigenvalue weighted by molar-refractivity contribution is 0.0696. The molecule has 0 spiro atoms. The van der Waals surface area contributed by atoms with Gasteiger partial charge in [-0.2, -0.15) is 0 Å². The predicted molar refractivity (Wildman–Crippen MR) is 82.0 cm³/mol. The zero-order valence-electron chi connectivity index (χ0n) is 11.8. The average Bonchev–Trinajstić information content (AvgIpc) is 2.48. The number of benzene rings is 2. The molecule has 21 heavy (non-hydrogen) atoms. The van der Waals surface area contributed by atoms with Crippen molar-refractivity contribution in [2.45, 2.75) is 13.3 Å². The molecule has 0 saturated carbocycles. The second-order valence-corrected chi connectivity index (χ2v) is 4.85. The first-order chi connectivity index (χ1) is 10.1. The van der Waals surface area contributed by atoms with Crippen LogP contribution in [0.4, 0.5) is 5.69 Å². The van der Waals surface area contributed by atoms with Crippen LogP contribution in [0.5, 0.6) is 0 Å². The first kappa shape index (κ1) is 14.8. The summed E-state index contributed by atoms with van der Waals surface area (Å²) < 4.78 is 0. The third-order valence-electron chi connectivity index (χ3n) is 3.19. The Morgan fingerprint density at radius 1 is 0.952 bits per heavy atom. The van der Waals surface area contributed by atoms with Crippen molar-refractivity contribution >= 4 is 17.4 Å². The molecule has 0 atom stereocenters. The summed E-state index contributed by atoms with van der Waals surface area (Å²) in [5.41, 5.74) is 2.89. The summed E-state index contributed by atoms with van der Waals surface area (Å²) in [7, 11) is 0. The Morgan fingerprint density at radius 3 is 2.10 bits per heavy atom. The first-order valence-electron chi connectivity index (χ1n) is 6.73. The third kappa shape index (κ3) is 4.18. The number of nitrogens with one attached hydrogen (secondary N) is 1. The molecule has 2 N–H and O–H groups in total. The number of ketones is 1. The summed E-state index contributed by atoms with van der Waals surface area (Å²) >= 11 is 0. The molecule has 0 amide bonds. The smallest absolute Gasteiger partial charge is 0.335 e. The first-order valence-corrected chi connectivity index (χ1v) is 6.73. The van der Waals surface area contributed by atoms with Crippen LogP contribution in [-0.4, -0.2) is 23.4 Å². The van der Waals surface area contributed by atoms with Crippen molar-refractivity contribution < 1.29 is 14.7 Å². The van der Waals surface area contributed by atoms with Crippen molar-refractivity contribution in [2.24, 2.45) is 0 Å². The molecule has 0 unspecified atom stereocenters. The molecule has 4 nitrogen and oxygen atoms in total. The number of aryl methyl sites for hydroxylation is 1. The van der Waals surface area contributed by atoms with E-state index in [0.29, 0.717) is 18.5 Å². The van der Waals surface area contributed by atoms with E-state index in [1.807, 2.05) is 31.2 Å². The van der Waals surface area contributed by atoms with Gasteiger partial charge in [0.25, 0.3) is 0 Å². The molecule has 0 radical (unpaired) electrons.